The summed E-state index contributed by atoms with van der Waals surface area (Å²) in [6.45, 7) is 4.56. The van der Waals surface area contributed by atoms with Crippen LogP contribution in [0.2, 0.25) is 0 Å². The predicted octanol–water partition coefficient (Wildman–Crippen LogP) is -0.367. The van der Waals surface area contributed by atoms with E-state index in [4.69, 9.17) is 4.74 Å². The number of nitrogens with zero attached hydrogens (tertiary/aromatic N) is 6. The maximum absolute atomic E-state index is 12.7. The Hall–Kier alpha value is -1.92. The summed E-state index contributed by atoms with van der Waals surface area (Å²) in [5.74, 6) is 0.707. The van der Waals surface area contributed by atoms with E-state index in [9.17, 15) is 4.79 Å². The Morgan fingerprint density at radius 3 is 3.04 bits per heavy atom. The standard InChI is InChI=1S/C17H26N8O2S/c1-23(10-13-9-14(19-18-13)15-3-2-8-28-15)17(26)12-25-16(20-21-22-25)11-24-4-6-27-7-5-24/h2-3,8,13-14,18-19H,4-7,9-12H2,1H3. The summed E-state index contributed by atoms with van der Waals surface area (Å²) in [7, 11) is 1.83. The van der Waals surface area contributed by atoms with Gasteiger partial charge in [0.1, 0.15) is 6.54 Å². The zero-order chi connectivity index (χ0) is 19.3. The van der Waals surface area contributed by atoms with Crippen LogP contribution < -0.4 is 10.9 Å². The van der Waals surface area contributed by atoms with Gasteiger partial charge in [-0.25, -0.2) is 10.1 Å². The molecule has 4 heterocycles. The highest BCUT2D eigenvalue weighted by molar-refractivity contribution is 7.10. The van der Waals surface area contributed by atoms with Gasteiger partial charge in [0, 0.05) is 37.6 Å². The zero-order valence-electron chi connectivity index (χ0n) is 16.0. The van der Waals surface area contributed by atoms with E-state index < -0.39 is 0 Å². The van der Waals surface area contributed by atoms with E-state index in [1.54, 1.807) is 20.9 Å². The highest BCUT2D eigenvalue weighted by Gasteiger charge is 2.28. The summed E-state index contributed by atoms with van der Waals surface area (Å²) in [5, 5.41) is 13.9. The van der Waals surface area contributed by atoms with Gasteiger partial charge in [0.15, 0.2) is 5.82 Å². The minimum atomic E-state index is -0.00287. The lowest BCUT2D eigenvalue weighted by Crippen LogP contribution is -2.42. The van der Waals surface area contributed by atoms with Gasteiger partial charge in [-0.05, 0) is 28.3 Å². The van der Waals surface area contributed by atoms with Crippen LogP contribution in [0.15, 0.2) is 17.5 Å². The fraction of sp³-hybridized carbons (Fsp3) is 0.647. The average molecular weight is 407 g/mol. The summed E-state index contributed by atoms with van der Waals surface area (Å²) in [6.07, 6.45) is 0.950. The van der Waals surface area contributed by atoms with Crippen LogP contribution in [0.25, 0.3) is 0 Å². The molecule has 2 aliphatic heterocycles. The maximum atomic E-state index is 12.7. The van der Waals surface area contributed by atoms with Crippen molar-refractivity contribution in [2.45, 2.75) is 31.6 Å². The normalized spacial score (nSPS) is 23.2. The van der Waals surface area contributed by atoms with Gasteiger partial charge in [-0.2, -0.15) is 0 Å². The van der Waals surface area contributed by atoms with Gasteiger partial charge in [0.25, 0.3) is 0 Å². The smallest absolute Gasteiger partial charge is 0.244 e. The number of likely N-dealkylation sites (N-methyl/N-ethyl adjacent to an activating group) is 1. The molecule has 0 aromatic carbocycles. The minimum absolute atomic E-state index is 0.00287. The molecule has 2 N–H and O–H groups in total. The first-order valence-corrected chi connectivity index (χ1v) is 10.4. The van der Waals surface area contributed by atoms with E-state index >= 15 is 0 Å². The number of rotatable bonds is 7. The number of nitrogens with one attached hydrogen (secondary N) is 2. The van der Waals surface area contributed by atoms with E-state index in [1.807, 2.05) is 7.05 Å². The van der Waals surface area contributed by atoms with Gasteiger partial charge in [-0.1, -0.05) is 6.07 Å². The summed E-state index contributed by atoms with van der Waals surface area (Å²) in [4.78, 5) is 18.0. The highest BCUT2D eigenvalue weighted by atomic mass is 32.1. The summed E-state index contributed by atoms with van der Waals surface area (Å²) in [5.41, 5.74) is 6.63. The molecule has 10 nitrogen and oxygen atoms in total. The molecule has 0 radical (unpaired) electrons. The highest BCUT2D eigenvalue weighted by Crippen LogP contribution is 2.26. The van der Waals surface area contributed by atoms with Gasteiger partial charge in [-0.15, -0.1) is 16.4 Å². The Balaban J connectivity index is 1.27. The van der Waals surface area contributed by atoms with Gasteiger partial charge in [-0.3, -0.25) is 15.1 Å². The Morgan fingerprint density at radius 2 is 2.25 bits per heavy atom. The topological polar surface area (TPSA) is 100 Å². The third-order valence-electron chi connectivity index (χ3n) is 5.15. The summed E-state index contributed by atoms with van der Waals surface area (Å²) >= 11 is 1.75. The Labute approximate surface area is 167 Å². The molecule has 2 saturated heterocycles. The number of carbonyl (C=O) groups excluding carboxylic acids is 1. The van der Waals surface area contributed by atoms with E-state index in [0.29, 0.717) is 25.0 Å². The number of hydrogen-bond acceptors (Lipinski definition) is 9. The van der Waals surface area contributed by atoms with Gasteiger partial charge in [0.05, 0.1) is 25.8 Å². The second-order valence-corrected chi connectivity index (χ2v) is 8.18. The Morgan fingerprint density at radius 1 is 1.39 bits per heavy atom. The van der Waals surface area contributed by atoms with E-state index in [2.05, 4.69) is 48.8 Å². The lowest BCUT2D eigenvalue weighted by atomic mass is 10.1. The lowest BCUT2D eigenvalue weighted by Gasteiger charge is -2.26. The Kier molecular flexibility index (Phi) is 6.27. The van der Waals surface area contributed by atoms with Gasteiger partial charge >= 0.3 is 0 Å². The van der Waals surface area contributed by atoms with Crippen LogP contribution in [0.5, 0.6) is 0 Å². The molecule has 11 heteroatoms. The molecule has 4 rings (SSSR count). The average Bonchev–Trinajstić information content (AvgIpc) is 3.45. The summed E-state index contributed by atoms with van der Waals surface area (Å²) < 4.78 is 6.97. The molecule has 1 amide bonds. The number of thiophene rings is 1. The number of morpholine rings is 1. The number of hydrazine groups is 1. The largest absolute Gasteiger partial charge is 0.379 e. The molecule has 2 aromatic rings. The molecule has 2 aliphatic rings. The molecule has 2 aromatic heterocycles. The molecule has 0 saturated carbocycles. The van der Waals surface area contributed by atoms with Crippen LogP contribution in [-0.2, 0) is 22.6 Å². The van der Waals surface area contributed by atoms with Crippen molar-refractivity contribution in [3.05, 3.63) is 28.2 Å². The minimum Gasteiger partial charge on any atom is -0.379 e. The lowest BCUT2D eigenvalue weighted by molar-refractivity contribution is -0.131. The number of ether oxygens (including phenoxy) is 1. The molecular formula is C17H26N8O2S. The number of aromatic nitrogens is 4. The third kappa shape index (κ3) is 4.73. The predicted molar refractivity (Wildman–Crippen MR) is 103 cm³/mol. The van der Waals surface area contributed by atoms with Crippen LogP contribution >= 0.6 is 11.3 Å². The van der Waals surface area contributed by atoms with E-state index in [-0.39, 0.29) is 18.5 Å². The van der Waals surface area contributed by atoms with Crippen LogP contribution in [0.3, 0.4) is 0 Å². The second kappa shape index (κ2) is 9.05. The summed E-state index contributed by atoms with van der Waals surface area (Å²) in [6, 6.07) is 4.70. The number of carbonyl (C=O) groups is 1. The molecule has 0 bridgehead atoms. The van der Waals surface area contributed by atoms with Crippen molar-refractivity contribution < 1.29 is 9.53 Å². The van der Waals surface area contributed by atoms with Crippen molar-refractivity contribution in [2.24, 2.45) is 0 Å². The quantitative estimate of drug-likeness (QED) is 0.643. The molecule has 0 aliphatic carbocycles. The van der Waals surface area contributed by atoms with Crippen molar-refractivity contribution in [2.75, 3.05) is 39.9 Å². The Bertz CT molecular complexity index is 761. The SMILES string of the molecule is CN(CC1CC(c2cccs2)NN1)C(=O)Cn1nnnc1CN1CCOCC1. The van der Waals surface area contributed by atoms with E-state index in [1.165, 1.54) is 4.88 Å². The monoisotopic (exact) mass is 406 g/mol. The molecule has 2 atom stereocenters. The van der Waals surface area contributed by atoms with Crippen molar-refractivity contribution in [3.63, 3.8) is 0 Å². The van der Waals surface area contributed by atoms with Crippen LogP contribution in [0.4, 0.5) is 0 Å². The van der Waals surface area contributed by atoms with Crippen LogP contribution in [0.1, 0.15) is 23.2 Å². The molecule has 0 spiro atoms. The second-order valence-electron chi connectivity index (χ2n) is 7.20. The first-order valence-electron chi connectivity index (χ1n) is 9.52. The van der Waals surface area contributed by atoms with Crippen molar-refractivity contribution in [1.82, 2.24) is 40.9 Å². The zero-order valence-corrected chi connectivity index (χ0v) is 16.8. The fourth-order valence-corrected chi connectivity index (χ4v) is 4.31. The molecule has 152 valence electrons. The molecular weight excluding hydrogens is 380 g/mol. The number of amides is 1. The van der Waals surface area contributed by atoms with Crippen LogP contribution in [0, 0.1) is 0 Å². The maximum Gasteiger partial charge on any atom is 0.244 e. The van der Waals surface area contributed by atoms with Crippen molar-refractivity contribution >= 4 is 17.2 Å². The molecule has 2 fully saturated rings. The van der Waals surface area contributed by atoms with Crippen molar-refractivity contribution in [3.8, 4) is 0 Å². The number of tetrazole rings is 1. The first kappa shape index (κ1) is 19.4. The molecule has 28 heavy (non-hydrogen) atoms. The molecule has 2 unspecified atom stereocenters. The number of hydrogen-bond donors (Lipinski definition) is 2. The van der Waals surface area contributed by atoms with Gasteiger partial charge in [0.2, 0.25) is 5.91 Å². The third-order valence-corrected chi connectivity index (χ3v) is 6.13. The first-order chi connectivity index (χ1) is 13.7. The van der Waals surface area contributed by atoms with Crippen molar-refractivity contribution in [1.29, 1.82) is 0 Å². The van der Waals surface area contributed by atoms with E-state index in [0.717, 1.165) is 32.7 Å². The fourth-order valence-electron chi connectivity index (χ4n) is 3.52. The van der Waals surface area contributed by atoms with Gasteiger partial charge < -0.3 is 9.64 Å². The van der Waals surface area contributed by atoms with Crippen LogP contribution in [-0.4, -0.2) is 81.9 Å².